The average molecular weight is 1030 g/mol. The van der Waals surface area contributed by atoms with Gasteiger partial charge in [0.15, 0.2) is 0 Å². The molecule has 2 aromatic carbocycles. The number of carbonyl (C=O) groups is 6. The largest absolute Gasteiger partial charge is 0.426 e. The SMILES string of the molecule is CC.CCC(C)CCC(=O)Oc1cc(OC(=O)CCC(C)CC)c(C)c(OC(=O)CCC(C)CC)c1.CCCC(C)CCC(=O)Oc1cc(OC(=O)CCC(C)CCC)c(C)c(OC(=O)CCC(C)CCC)c1. The highest BCUT2D eigenvalue weighted by molar-refractivity contribution is 5.78. The van der Waals surface area contributed by atoms with Gasteiger partial charge in [0.1, 0.15) is 34.5 Å². The molecule has 0 saturated carbocycles. The Morgan fingerprint density at radius 3 is 0.712 bits per heavy atom. The van der Waals surface area contributed by atoms with Crippen molar-refractivity contribution in [3.63, 3.8) is 0 Å². The quantitative estimate of drug-likeness (QED) is 0.0493. The summed E-state index contributed by atoms with van der Waals surface area (Å²) in [6.45, 7) is 32.8. The number of hydrogen-bond acceptors (Lipinski definition) is 12. The zero-order chi connectivity index (χ0) is 55.5. The summed E-state index contributed by atoms with van der Waals surface area (Å²) >= 11 is 0. The molecule has 0 radical (unpaired) electrons. The molecule has 6 unspecified atom stereocenters. The summed E-state index contributed by atoms with van der Waals surface area (Å²) in [5, 5.41) is 0. The van der Waals surface area contributed by atoms with Crippen molar-refractivity contribution in [2.45, 2.75) is 246 Å². The topological polar surface area (TPSA) is 158 Å². The van der Waals surface area contributed by atoms with E-state index in [2.05, 4.69) is 83.1 Å². The molecule has 73 heavy (non-hydrogen) atoms. The fraction of sp³-hybridized carbons (Fsp3) is 0.705. The highest BCUT2D eigenvalue weighted by Gasteiger charge is 2.22. The van der Waals surface area contributed by atoms with Crippen LogP contribution in [0.1, 0.15) is 243 Å². The molecular formula is C61H100O12. The second-order valence-corrected chi connectivity index (χ2v) is 20.4. The Kier molecular flexibility index (Phi) is 37.1. The molecule has 0 aliphatic carbocycles. The minimum absolute atomic E-state index is 0.203. The number of ether oxygens (including phenoxy) is 6. The minimum Gasteiger partial charge on any atom is -0.426 e. The maximum Gasteiger partial charge on any atom is 0.311 e. The fourth-order valence-corrected chi connectivity index (χ4v) is 7.59. The first-order valence-electron chi connectivity index (χ1n) is 28.2. The highest BCUT2D eigenvalue weighted by Crippen LogP contribution is 2.36. The Morgan fingerprint density at radius 2 is 0.521 bits per heavy atom. The molecule has 0 spiro atoms. The molecule has 0 aliphatic rings. The Bertz CT molecular complexity index is 1820. The van der Waals surface area contributed by atoms with Gasteiger partial charge in [-0.05, 0) is 87.9 Å². The van der Waals surface area contributed by atoms with E-state index >= 15 is 0 Å². The lowest BCUT2D eigenvalue weighted by atomic mass is 10.0. The van der Waals surface area contributed by atoms with E-state index in [1.54, 1.807) is 13.8 Å². The predicted molar refractivity (Wildman–Crippen MR) is 294 cm³/mol. The first-order valence-corrected chi connectivity index (χ1v) is 28.2. The van der Waals surface area contributed by atoms with Crippen LogP contribution in [0, 0.1) is 49.4 Å². The molecule has 0 saturated heterocycles. The Labute approximate surface area is 442 Å². The van der Waals surface area contributed by atoms with Crippen molar-refractivity contribution in [1.29, 1.82) is 0 Å². The van der Waals surface area contributed by atoms with Gasteiger partial charge < -0.3 is 28.4 Å². The lowest BCUT2D eigenvalue weighted by Gasteiger charge is -2.16. The Morgan fingerprint density at radius 1 is 0.329 bits per heavy atom. The Hall–Kier alpha value is -4.74. The standard InChI is InChI=1S/C31H50O6.C28H44O6.C2H6/c1-8-11-22(4)14-17-29(32)35-26-20-27(36-30(33)18-15-23(5)12-9-2)25(7)28(21-26)37-31(34)19-16-24(6)13-10-3;1-8-19(4)11-14-26(29)32-23-17-24(33-27(30)15-12-20(5)9-2)22(7)25(18-23)34-28(31)16-13-21(6)10-3;1-2/h20-24H,8-19H2,1-7H3;17-21H,8-16H2,1-7H3;1-2H3. The van der Waals surface area contributed by atoms with E-state index in [0.29, 0.717) is 65.9 Å². The molecule has 0 amide bonds. The molecule has 0 heterocycles. The van der Waals surface area contributed by atoms with Gasteiger partial charge in [-0.3, -0.25) is 28.8 Å². The molecule has 0 aliphatic heterocycles. The van der Waals surface area contributed by atoms with Crippen molar-refractivity contribution >= 4 is 35.8 Å². The molecule has 6 atom stereocenters. The van der Waals surface area contributed by atoms with Crippen LogP contribution in [-0.2, 0) is 28.8 Å². The molecule has 2 aromatic rings. The van der Waals surface area contributed by atoms with Gasteiger partial charge in [-0.25, -0.2) is 0 Å². The molecular weight excluding hydrogens is 925 g/mol. The zero-order valence-corrected chi connectivity index (χ0v) is 48.5. The van der Waals surface area contributed by atoms with E-state index in [9.17, 15) is 28.8 Å². The second kappa shape index (κ2) is 39.7. The first kappa shape index (κ1) is 68.3. The molecule has 12 nitrogen and oxygen atoms in total. The number of hydrogen-bond donors (Lipinski definition) is 0. The molecule has 0 aromatic heterocycles. The number of carbonyl (C=O) groups excluding carboxylic acids is 6. The summed E-state index contributed by atoms with van der Waals surface area (Å²) in [4.78, 5) is 74.9. The van der Waals surface area contributed by atoms with Crippen LogP contribution in [0.15, 0.2) is 24.3 Å². The third kappa shape index (κ3) is 30.9. The maximum absolute atomic E-state index is 12.6. The molecule has 0 N–H and O–H groups in total. The number of esters is 6. The van der Waals surface area contributed by atoms with E-state index < -0.39 is 0 Å². The van der Waals surface area contributed by atoms with E-state index in [-0.39, 0.29) is 89.6 Å². The number of benzene rings is 2. The van der Waals surface area contributed by atoms with E-state index in [1.165, 1.54) is 24.3 Å². The van der Waals surface area contributed by atoms with E-state index in [1.807, 2.05) is 13.8 Å². The van der Waals surface area contributed by atoms with E-state index in [0.717, 1.165) is 96.3 Å². The fourth-order valence-electron chi connectivity index (χ4n) is 7.59. The summed E-state index contributed by atoms with van der Waals surface area (Å²) < 4.78 is 33.6. The molecule has 12 heteroatoms. The van der Waals surface area contributed by atoms with Gasteiger partial charge in [0.2, 0.25) is 0 Å². The molecule has 0 fully saturated rings. The van der Waals surface area contributed by atoms with Crippen molar-refractivity contribution in [3.05, 3.63) is 35.4 Å². The number of rotatable bonds is 33. The summed E-state index contributed by atoms with van der Waals surface area (Å²) in [6, 6.07) is 6.12. The first-order chi connectivity index (χ1) is 34.7. The van der Waals surface area contributed by atoms with Crippen molar-refractivity contribution in [3.8, 4) is 34.5 Å². The van der Waals surface area contributed by atoms with Crippen LogP contribution in [-0.4, -0.2) is 35.8 Å². The lowest BCUT2D eigenvalue weighted by Crippen LogP contribution is -2.14. The van der Waals surface area contributed by atoms with Crippen LogP contribution >= 0.6 is 0 Å². The smallest absolute Gasteiger partial charge is 0.311 e. The van der Waals surface area contributed by atoms with Gasteiger partial charge in [0.05, 0.1) is 0 Å². The Balaban J connectivity index is 0.00000138. The van der Waals surface area contributed by atoms with Crippen LogP contribution in [0.2, 0.25) is 0 Å². The summed E-state index contributed by atoms with van der Waals surface area (Å²) in [5.41, 5.74) is 1.05. The summed E-state index contributed by atoms with van der Waals surface area (Å²) in [7, 11) is 0. The lowest BCUT2D eigenvalue weighted by molar-refractivity contribution is -0.136. The maximum atomic E-state index is 12.6. The highest BCUT2D eigenvalue weighted by atomic mass is 16.6. The van der Waals surface area contributed by atoms with Gasteiger partial charge in [0.25, 0.3) is 0 Å². The summed E-state index contributed by atoms with van der Waals surface area (Å²) in [5.74, 6) is 1.83. The van der Waals surface area contributed by atoms with Gasteiger partial charge in [-0.2, -0.15) is 0 Å². The average Bonchev–Trinajstić information content (AvgIpc) is 3.35. The molecule has 416 valence electrons. The minimum atomic E-state index is -0.368. The predicted octanol–water partition coefficient (Wildman–Crippen LogP) is 16.6. The van der Waals surface area contributed by atoms with Crippen molar-refractivity contribution in [2.24, 2.45) is 35.5 Å². The molecule has 2 rings (SSSR count). The van der Waals surface area contributed by atoms with Crippen LogP contribution in [0.5, 0.6) is 34.5 Å². The van der Waals surface area contributed by atoms with Crippen molar-refractivity contribution in [1.82, 2.24) is 0 Å². The van der Waals surface area contributed by atoms with Crippen LogP contribution in [0.25, 0.3) is 0 Å². The van der Waals surface area contributed by atoms with Crippen LogP contribution < -0.4 is 28.4 Å². The second-order valence-electron chi connectivity index (χ2n) is 20.4. The van der Waals surface area contributed by atoms with Gasteiger partial charge >= 0.3 is 35.8 Å². The van der Waals surface area contributed by atoms with Gasteiger partial charge in [-0.15, -0.1) is 0 Å². The monoisotopic (exact) mass is 1020 g/mol. The van der Waals surface area contributed by atoms with Crippen LogP contribution in [0.3, 0.4) is 0 Å². The van der Waals surface area contributed by atoms with Gasteiger partial charge in [-0.1, -0.05) is 155 Å². The van der Waals surface area contributed by atoms with Crippen LogP contribution in [0.4, 0.5) is 0 Å². The third-order valence-corrected chi connectivity index (χ3v) is 13.4. The van der Waals surface area contributed by atoms with Crippen molar-refractivity contribution in [2.75, 3.05) is 0 Å². The van der Waals surface area contributed by atoms with E-state index in [4.69, 9.17) is 28.4 Å². The normalized spacial score (nSPS) is 13.3. The molecule has 0 bridgehead atoms. The van der Waals surface area contributed by atoms with Gasteiger partial charge in [0, 0.05) is 73.9 Å². The zero-order valence-electron chi connectivity index (χ0n) is 48.5. The summed E-state index contributed by atoms with van der Waals surface area (Å²) in [6.07, 6.45) is 15.6. The third-order valence-electron chi connectivity index (χ3n) is 13.4. The van der Waals surface area contributed by atoms with Crippen molar-refractivity contribution < 1.29 is 57.2 Å².